The number of likely N-dealkylation sites (tertiary alicyclic amines) is 1. The Kier molecular flexibility index (Phi) is 6.83. The summed E-state index contributed by atoms with van der Waals surface area (Å²) in [4.78, 5) is 30.1. The molecule has 0 bridgehead atoms. The van der Waals surface area contributed by atoms with E-state index in [0.29, 0.717) is 47.1 Å². The zero-order chi connectivity index (χ0) is 25.9. The molecule has 1 unspecified atom stereocenters. The Morgan fingerprint density at radius 2 is 1.73 bits per heavy atom. The molecule has 8 heteroatoms. The molecular weight excluding hydrogens is 472 g/mol. The standard InChI is InChI=1S/C29H28N2O6/c1-30(2)14-7-15-31-26(19-8-6-11-22(16-19)37-21-9-4-3-5-10-21)25(28(33)29(31)34)27(32)20-12-13-23-24(17-20)36-18-35-23/h3-6,8-13,16-17,26,32H,7,14-15,18H2,1-2H3/b27-25-. The first-order valence-electron chi connectivity index (χ1n) is 12.1. The number of nitrogens with zero attached hydrogens (tertiary/aromatic N) is 2. The molecule has 5 rings (SSSR count). The highest BCUT2D eigenvalue weighted by molar-refractivity contribution is 6.46. The highest BCUT2D eigenvalue weighted by Gasteiger charge is 2.46. The lowest BCUT2D eigenvalue weighted by Gasteiger charge is -2.26. The predicted molar refractivity (Wildman–Crippen MR) is 138 cm³/mol. The summed E-state index contributed by atoms with van der Waals surface area (Å²) in [5, 5.41) is 11.4. The van der Waals surface area contributed by atoms with E-state index in [9.17, 15) is 14.7 Å². The molecule has 0 aromatic heterocycles. The Bertz CT molecular complexity index is 1350. The van der Waals surface area contributed by atoms with Crippen molar-refractivity contribution in [3.05, 3.63) is 89.5 Å². The van der Waals surface area contributed by atoms with Crippen molar-refractivity contribution >= 4 is 17.4 Å². The molecule has 1 N–H and O–H groups in total. The average Bonchev–Trinajstić information content (AvgIpc) is 3.46. The lowest BCUT2D eigenvalue weighted by Crippen LogP contribution is -2.32. The fourth-order valence-corrected chi connectivity index (χ4v) is 4.59. The van der Waals surface area contributed by atoms with E-state index in [-0.39, 0.29) is 18.1 Å². The smallest absolute Gasteiger partial charge is 0.295 e. The average molecular weight is 501 g/mol. The number of carbonyl (C=O) groups excluding carboxylic acids is 2. The fraction of sp³-hybridized carbons (Fsp3) is 0.241. The van der Waals surface area contributed by atoms with Crippen molar-refractivity contribution in [2.24, 2.45) is 0 Å². The second-order valence-corrected chi connectivity index (χ2v) is 9.20. The van der Waals surface area contributed by atoms with Crippen LogP contribution in [0.4, 0.5) is 0 Å². The van der Waals surface area contributed by atoms with Gasteiger partial charge in [-0.05, 0) is 75.1 Å². The molecule has 2 heterocycles. The largest absolute Gasteiger partial charge is 0.507 e. The third-order valence-corrected chi connectivity index (χ3v) is 6.34. The predicted octanol–water partition coefficient (Wildman–Crippen LogP) is 4.58. The quantitative estimate of drug-likeness (QED) is 0.275. The van der Waals surface area contributed by atoms with Gasteiger partial charge in [0.2, 0.25) is 6.79 Å². The van der Waals surface area contributed by atoms with Crippen molar-refractivity contribution in [1.82, 2.24) is 9.80 Å². The third-order valence-electron chi connectivity index (χ3n) is 6.34. The van der Waals surface area contributed by atoms with E-state index in [1.54, 1.807) is 24.3 Å². The van der Waals surface area contributed by atoms with E-state index in [4.69, 9.17) is 14.2 Å². The highest BCUT2D eigenvalue weighted by Crippen LogP contribution is 2.42. The van der Waals surface area contributed by atoms with Crippen LogP contribution < -0.4 is 14.2 Å². The topological polar surface area (TPSA) is 88.5 Å². The van der Waals surface area contributed by atoms with Crippen molar-refractivity contribution < 1.29 is 28.9 Å². The Morgan fingerprint density at radius 3 is 2.51 bits per heavy atom. The minimum atomic E-state index is -0.771. The molecule has 8 nitrogen and oxygen atoms in total. The van der Waals surface area contributed by atoms with Crippen molar-refractivity contribution in [2.45, 2.75) is 12.5 Å². The number of ether oxygens (including phenoxy) is 3. The van der Waals surface area contributed by atoms with Crippen LogP contribution in [-0.2, 0) is 9.59 Å². The molecule has 1 fully saturated rings. The van der Waals surface area contributed by atoms with Crippen molar-refractivity contribution in [3.8, 4) is 23.0 Å². The number of hydrogen-bond acceptors (Lipinski definition) is 7. The Morgan fingerprint density at radius 1 is 0.973 bits per heavy atom. The molecule has 190 valence electrons. The first kappa shape index (κ1) is 24.4. The first-order valence-corrected chi connectivity index (χ1v) is 12.1. The minimum Gasteiger partial charge on any atom is -0.507 e. The van der Waals surface area contributed by atoms with Crippen LogP contribution in [0.25, 0.3) is 5.76 Å². The van der Waals surface area contributed by atoms with Crippen LogP contribution >= 0.6 is 0 Å². The van der Waals surface area contributed by atoms with E-state index in [0.717, 1.165) is 6.54 Å². The molecule has 1 amide bonds. The number of carbonyl (C=O) groups is 2. The number of rotatable bonds is 8. The molecule has 1 atom stereocenters. The molecule has 1 saturated heterocycles. The molecular formula is C29H28N2O6. The fourth-order valence-electron chi connectivity index (χ4n) is 4.59. The molecule has 0 saturated carbocycles. The zero-order valence-corrected chi connectivity index (χ0v) is 20.7. The summed E-state index contributed by atoms with van der Waals surface area (Å²) in [6, 6.07) is 20.8. The van der Waals surface area contributed by atoms with Gasteiger partial charge in [-0.1, -0.05) is 30.3 Å². The summed E-state index contributed by atoms with van der Waals surface area (Å²) < 4.78 is 16.8. The zero-order valence-electron chi connectivity index (χ0n) is 20.7. The van der Waals surface area contributed by atoms with Gasteiger partial charge in [0.15, 0.2) is 11.5 Å². The molecule has 2 aliphatic heterocycles. The maximum Gasteiger partial charge on any atom is 0.295 e. The molecule has 3 aromatic rings. The van der Waals surface area contributed by atoms with Crippen LogP contribution in [0.1, 0.15) is 23.6 Å². The van der Waals surface area contributed by atoms with Crippen LogP contribution in [0.5, 0.6) is 23.0 Å². The van der Waals surface area contributed by atoms with Crippen LogP contribution in [0.15, 0.2) is 78.4 Å². The van der Waals surface area contributed by atoms with Crippen LogP contribution in [0, 0.1) is 0 Å². The Labute approximate surface area is 215 Å². The van der Waals surface area contributed by atoms with Gasteiger partial charge >= 0.3 is 0 Å². The minimum absolute atomic E-state index is 0.0329. The molecule has 2 aliphatic rings. The molecule has 0 aliphatic carbocycles. The van der Waals surface area contributed by atoms with Gasteiger partial charge in [0.25, 0.3) is 11.7 Å². The lowest BCUT2D eigenvalue weighted by atomic mass is 9.95. The van der Waals surface area contributed by atoms with Crippen molar-refractivity contribution in [1.29, 1.82) is 0 Å². The Hall–Kier alpha value is -4.30. The number of ketones is 1. The number of aliphatic hydroxyl groups excluding tert-OH is 1. The number of benzene rings is 3. The maximum absolute atomic E-state index is 13.3. The molecule has 3 aromatic carbocycles. The molecule has 0 radical (unpaired) electrons. The monoisotopic (exact) mass is 500 g/mol. The number of amides is 1. The van der Waals surface area contributed by atoms with Crippen molar-refractivity contribution in [2.75, 3.05) is 34.0 Å². The summed E-state index contributed by atoms with van der Waals surface area (Å²) in [6.45, 7) is 1.19. The number of aliphatic hydroxyl groups is 1. The van der Waals surface area contributed by atoms with E-state index < -0.39 is 17.7 Å². The summed E-state index contributed by atoms with van der Waals surface area (Å²) in [6.07, 6.45) is 0.667. The van der Waals surface area contributed by atoms with Crippen LogP contribution in [0.2, 0.25) is 0 Å². The molecule has 37 heavy (non-hydrogen) atoms. The SMILES string of the molecule is CN(C)CCCN1C(=O)C(=O)/C(=C(\O)c2ccc3c(c2)OCO3)C1c1cccc(Oc2ccccc2)c1. The van der Waals surface area contributed by atoms with Gasteiger partial charge in [-0.2, -0.15) is 0 Å². The van der Waals surface area contributed by atoms with Gasteiger partial charge in [-0.15, -0.1) is 0 Å². The second-order valence-electron chi connectivity index (χ2n) is 9.20. The van der Waals surface area contributed by atoms with Crippen LogP contribution in [-0.4, -0.2) is 60.6 Å². The van der Waals surface area contributed by atoms with Gasteiger partial charge < -0.3 is 29.1 Å². The first-order chi connectivity index (χ1) is 17.9. The van der Waals surface area contributed by atoms with Gasteiger partial charge in [-0.3, -0.25) is 9.59 Å². The molecule has 0 spiro atoms. The normalized spacial score (nSPS) is 18.0. The summed E-state index contributed by atoms with van der Waals surface area (Å²) in [7, 11) is 3.91. The third kappa shape index (κ3) is 5.01. The van der Waals surface area contributed by atoms with Crippen LogP contribution in [0.3, 0.4) is 0 Å². The summed E-state index contributed by atoms with van der Waals surface area (Å²) >= 11 is 0. The summed E-state index contributed by atoms with van der Waals surface area (Å²) in [5.41, 5.74) is 1.07. The lowest BCUT2D eigenvalue weighted by molar-refractivity contribution is -0.139. The number of para-hydroxylation sites is 1. The maximum atomic E-state index is 13.3. The number of Topliss-reactive ketones (excluding diaryl/α,β-unsaturated/α-hetero) is 1. The Balaban J connectivity index is 1.56. The van der Waals surface area contributed by atoms with E-state index in [1.807, 2.05) is 67.5 Å². The van der Waals surface area contributed by atoms with E-state index in [1.165, 1.54) is 4.90 Å². The van der Waals surface area contributed by atoms with Gasteiger partial charge in [0.1, 0.15) is 17.3 Å². The van der Waals surface area contributed by atoms with Gasteiger partial charge in [0, 0.05) is 12.1 Å². The van der Waals surface area contributed by atoms with E-state index in [2.05, 4.69) is 0 Å². The number of hydrogen-bond donors (Lipinski definition) is 1. The van der Waals surface area contributed by atoms with Crippen molar-refractivity contribution in [3.63, 3.8) is 0 Å². The summed E-state index contributed by atoms with van der Waals surface area (Å²) in [5.74, 6) is 0.638. The highest BCUT2D eigenvalue weighted by atomic mass is 16.7. The van der Waals surface area contributed by atoms with Gasteiger partial charge in [0.05, 0.1) is 11.6 Å². The number of fused-ring (bicyclic) bond motifs is 1. The van der Waals surface area contributed by atoms with Gasteiger partial charge in [-0.25, -0.2) is 0 Å². The second kappa shape index (κ2) is 10.4. The van der Waals surface area contributed by atoms with E-state index >= 15 is 0 Å².